The second-order valence-electron chi connectivity index (χ2n) is 5.05. The van der Waals surface area contributed by atoms with E-state index < -0.39 is 24.6 Å². The zero-order valence-corrected chi connectivity index (χ0v) is 12.8. The van der Waals surface area contributed by atoms with Crippen molar-refractivity contribution in [3.05, 3.63) is 90.2 Å². The first-order chi connectivity index (χ1) is 11.0. The third-order valence-electron chi connectivity index (χ3n) is 3.52. The summed E-state index contributed by atoms with van der Waals surface area (Å²) < 4.78 is 54.6. The van der Waals surface area contributed by atoms with E-state index in [0.717, 1.165) is 18.2 Å². The number of hydrogen-bond donors (Lipinski definition) is 0. The van der Waals surface area contributed by atoms with Crippen molar-refractivity contribution in [2.45, 2.75) is 0 Å². The number of halogens is 3. The summed E-state index contributed by atoms with van der Waals surface area (Å²) in [5, 5.41) is 0.566. The summed E-state index contributed by atoms with van der Waals surface area (Å²) in [5.74, 6) is -1.68. The van der Waals surface area contributed by atoms with Gasteiger partial charge in [-0.25, -0.2) is 13.2 Å². The Bertz CT molecular complexity index is 790. The summed E-state index contributed by atoms with van der Waals surface area (Å²) in [7, 11) is -3.58. The van der Waals surface area contributed by atoms with Crippen molar-refractivity contribution in [3.8, 4) is 0 Å². The third kappa shape index (κ3) is 2.95. The Labute approximate surface area is 131 Å². The van der Waals surface area contributed by atoms with Crippen LogP contribution in [0.15, 0.2) is 72.8 Å². The highest BCUT2D eigenvalue weighted by Gasteiger charge is 2.30. The maximum Gasteiger partial charge on any atom is 0.171 e. The topological polar surface area (TPSA) is 17.1 Å². The molecule has 0 aromatic heterocycles. The summed E-state index contributed by atoms with van der Waals surface area (Å²) >= 11 is 0. The molecule has 0 aliphatic heterocycles. The fraction of sp³-hybridized carbons (Fsp3) is 0. The SMILES string of the molecule is O=P(c1cccc(F)c1)(c1cccc(F)c1)c1cccc(F)c1. The van der Waals surface area contributed by atoms with Crippen molar-refractivity contribution in [2.75, 3.05) is 0 Å². The summed E-state index contributed by atoms with van der Waals surface area (Å²) in [5.41, 5.74) is 0. The lowest BCUT2D eigenvalue weighted by molar-refractivity contribution is 0.590. The normalized spacial score (nSPS) is 11.4. The van der Waals surface area contributed by atoms with E-state index in [4.69, 9.17) is 0 Å². The Morgan fingerprint density at radius 3 is 1.13 bits per heavy atom. The van der Waals surface area contributed by atoms with E-state index in [2.05, 4.69) is 0 Å². The molecule has 0 fully saturated rings. The molecule has 0 saturated carbocycles. The van der Waals surface area contributed by atoms with Crippen LogP contribution in [0.1, 0.15) is 0 Å². The molecule has 0 bridgehead atoms. The molecule has 3 rings (SSSR count). The van der Waals surface area contributed by atoms with Gasteiger partial charge in [0.05, 0.1) is 0 Å². The van der Waals surface area contributed by atoms with Crippen LogP contribution in [0, 0.1) is 17.5 Å². The third-order valence-corrected chi connectivity index (χ3v) is 6.53. The molecule has 1 nitrogen and oxygen atoms in total. The van der Waals surface area contributed by atoms with Gasteiger partial charge in [-0.3, -0.25) is 0 Å². The first-order valence-electron chi connectivity index (χ1n) is 6.88. The average molecular weight is 332 g/mol. The van der Waals surface area contributed by atoms with E-state index in [9.17, 15) is 17.7 Å². The zero-order valence-electron chi connectivity index (χ0n) is 11.9. The van der Waals surface area contributed by atoms with Gasteiger partial charge in [0.15, 0.2) is 7.14 Å². The second kappa shape index (κ2) is 6.05. The maximum atomic E-state index is 13.8. The van der Waals surface area contributed by atoms with Crippen molar-refractivity contribution < 1.29 is 17.7 Å². The standard InChI is InChI=1S/C18H12F3OP/c19-13-4-1-7-16(10-13)23(22,17-8-2-5-14(20)11-17)18-9-3-6-15(21)12-18/h1-12H. The fourth-order valence-corrected chi connectivity index (χ4v) is 5.16. The van der Waals surface area contributed by atoms with Crippen LogP contribution in [-0.2, 0) is 4.57 Å². The highest BCUT2D eigenvalue weighted by Crippen LogP contribution is 2.42. The van der Waals surface area contributed by atoms with E-state index >= 15 is 0 Å². The molecule has 0 amide bonds. The predicted octanol–water partition coefficient (Wildman–Crippen LogP) is 3.74. The van der Waals surface area contributed by atoms with Crippen LogP contribution >= 0.6 is 7.14 Å². The first kappa shape index (κ1) is 15.6. The lowest BCUT2D eigenvalue weighted by Crippen LogP contribution is -2.25. The van der Waals surface area contributed by atoms with E-state index in [-0.39, 0.29) is 15.9 Å². The van der Waals surface area contributed by atoms with Gasteiger partial charge in [0.25, 0.3) is 0 Å². The minimum Gasteiger partial charge on any atom is -0.309 e. The van der Waals surface area contributed by atoms with Gasteiger partial charge in [0.2, 0.25) is 0 Å². The minimum absolute atomic E-state index is 0.189. The van der Waals surface area contributed by atoms with Crippen LogP contribution < -0.4 is 15.9 Å². The van der Waals surface area contributed by atoms with Gasteiger partial charge in [-0.15, -0.1) is 0 Å². The van der Waals surface area contributed by atoms with Gasteiger partial charge in [0, 0.05) is 15.9 Å². The zero-order chi connectivity index (χ0) is 16.4. The second-order valence-corrected chi connectivity index (χ2v) is 7.82. The largest absolute Gasteiger partial charge is 0.309 e. The Balaban J connectivity index is 2.32. The van der Waals surface area contributed by atoms with E-state index in [1.807, 2.05) is 0 Å². The monoisotopic (exact) mass is 332 g/mol. The molecule has 116 valence electrons. The summed E-state index contributed by atoms with van der Waals surface area (Å²) in [6, 6.07) is 15.9. The molecule has 0 unspecified atom stereocenters. The molecule has 0 radical (unpaired) electrons. The van der Waals surface area contributed by atoms with Gasteiger partial charge in [-0.05, 0) is 36.4 Å². The number of hydrogen-bond acceptors (Lipinski definition) is 1. The Morgan fingerprint density at radius 2 is 0.870 bits per heavy atom. The molecule has 0 N–H and O–H groups in total. The van der Waals surface area contributed by atoms with Crippen LogP contribution in [0.25, 0.3) is 0 Å². The van der Waals surface area contributed by atoms with Crippen molar-refractivity contribution in [1.82, 2.24) is 0 Å². The molecule has 0 atom stereocenters. The lowest BCUT2D eigenvalue weighted by Gasteiger charge is -2.20. The molecule has 5 heteroatoms. The molecule has 0 heterocycles. The fourth-order valence-electron chi connectivity index (χ4n) is 2.46. The Morgan fingerprint density at radius 1 is 0.565 bits per heavy atom. The van der Waals surface area contributed by atoms with Crippen LogP contribution in [0.4, 0.5) is 13.2 Å². The molecule has 0 spiro atoms. The van der Waals surface area contributed by atoms with Crippen molar-refractivity contribution in [3.63, 3.8) is 0 Å². The minimum atomic E-state index is -3.58. The van der Waals surface area contributed by atoms with Crippen molar-refractivity contribution in [2.24, 2.45) is 0 Å². The van der Waals surface area contributed by atoms with Crippen molar-refractivity contribution >= 4 is 23.1 Å². The number of rotatable bonds is 3. The Hall–Kier alpha value is -2.32. The van der Waals surface area contributed by atoms with Crippen LogP contribution in [0.2, 0.25) is 0 Å². The molecule has 3 aromatic carbocycles. The van der Waals surface area contributed by atoms with Crippen molar-refractivity contribution in [1.29, 1.82) is 0 Å². The molecule has 3 aromatic rings. The highest BCUT2D eigenvalue weighted by atomic mass is 31.2. The van der Waals surface area contributed by atoms with Gasteiger partial charge in [0.1, 0.15) is 17.5 Å². The van der Waals surface area contributed by atoms with Gasteiger partial charge < -0.3 is 4.57 Å². The van der Waals surface area contributed by atoms with Crippen LogP contribution in [0.5, 0.6) is 0 Å². The highest BCUT2D eigenvalue weighted by molar-refractivity contribution is 7.85. The van der Waals surface area contributed by atoms with Crippen LogP contribution in [0.3, 0.4) is 0 Å². The van der Waals surface area contributed by atoms with E-state index in [0.29, 0.717) is 0 Å². The maximum absolute atomic E-state index is 13.8. The quantitative estimate of drug-likeness (QED) is 0.668. The first-order valence-corrected chi connectivity index (χ1v) is 8.59. The molecule has 0 aliphatic rings. The molecule has 23 heavy (non-hydrogen) atoms. The molecular formula is C18H12F3OP. The lowest BCUT2D eigenvalue weighted by atomic mass is 10.3. The summed E-state index contributed by atoms with van der Waals surface area (Å²) in [6.45, 7) is 0. The summed E-state index contributed by atoms with van der Waals surface area (Å²) in [6.07, 6.45) is 0. The Kier molecular flexibility index (Phi) is 4.10. The van der Waals surface area contributed by atoms with Gasteiger partial charge in [-0.2, -0.15) is 0 Å². The molecular weight excluding hydrogens is 320 g/mol. The molecule has 0 aliphatic carbocycles. The predicted molar refractivity (Wildman–Crippen MR) is 85.7 cm³/mol. The molecule has 0 saturated heterocycles. The average Bonchev–Trinajstić information content (AvgIpc) is 2.54. The van der Waals surface area contributed by atoms with E-state index in [1.165, 1.54) is 54.6 Å². The summed E-state index contributed by atoms with van der Waals surface area (Å²) in [4.78, 5) is 0. The van der Waals surface area contributed by atoms with E-state index in [1.54, 1.807) is 0 Å². The van der Waals surface area contributed by atoms with Crippen LogP contribution in [-0.4, -0.2) is 0 Å². The smallest absolute Gasteiger partial charge is 0.171 e. The van der Waals surface area contributed by atoms with Gasteiger partial charge in [-0.1, -0.05) is 36.4 Å². The van der Waals surface area contributed by atoms with Gasteiger partial charge >= 0.3 is 0 Å². The number of benzene rings is 3.